The summed E-state index contributed by atoms with van der Waals surface area (Å²) in [5, 5.41) is 14.6. The lowest BCUT2D eigenvalue weighted by Gasteiger charge is -2.23. The molecule has 25 heavy (non-hydrogen) atoms. The van der Waals surface area contributed by atoms with Gasteiger partial charge in [0.15, 0.2) is 0 Å². The van der Waals surface area contributed by atoms with E-state index in [0.717, 1.165) is 0 Å². The van der Waals surface area contributed by atoms with Crippen LogP contribution in [0.15, 0.2) is 30.3 Å². The van der Waals surface area contributed by atoms with Crippen molar-refractivity contribution < 1.29 is 19.5 Å². The van der Waals surface area contributed by atoms with Gasteiger partial charge in [-0.05, 0) is 36.8 Å². The van der Waals surface area contributed by atoms with Crippen LogP contribution in [-0.2, 0) is 9.59 Å². The lowest BCUT2D eigenvalue weighted by molar-refractivity contribution is -0.142. The molecule has 2 atom stereocenters. The minimum absolute atomic E-state index is 0.129. The summed E-state index contributed by atoms with van der Waals surface area (Å²) in [6.45, 7) is 7.67. The van der Waals surface area contributed by atoms with E-state index in [0.29, 0.717) is 18.4 Å². The first-order valence-corrected chi connectivity index (χ1v) is 8.59. The molecule has 0 aromatic heterocycles. The predicted octanol–water partition coefficient (Wildman–Crippen LogP) is 2.45. The summed E-state index contributed by atoms with van der Waals surface area (Å²) in [6.07, 6.45) is 0.764. The standard InChI is InChI=1S/C19H28N2O4/c1-12(2)10-15(20-17(22)14-8-6-5-7-9-14)18(23)21-16(19(24)25)11-13(3)4/h5-9,12-13,15-16H,10-11H2,1-4H3,(H,20,22)(H,21,23)(H,24,25)/t15-,16-/m0/s1. The minimum atomic E-state index is -1.07. The molecule has 0 aliphatic heterocycles. The fourth-order valence-corrected chi connectivity index (χ4v) is 2.50. The third-order valence-electron chi connectivity index (χ3n) is 3.69. The molecule has 0 heterocycles. The van der Waals surface area contributed by atoms with Gasteiger partial charge in [-0.2, -0.15) is 0 Å². The molecular formula is C19H28N2O4. The van der Waals surface area contributed by atoms with Gasteiger partial charge in [0.2, 0.25) is 5.91 Å². The van der Waals surface area contributed by atoms with Crippen molar-refractivity contribution in [3.8, 4) is 0 Å². The van der Waals surface area contributed by atoms with Gasteiger partial charge in [-0.1, -0.05) is 45.9 Å². The number of carbonyl (C=O) groups excluding carboxylic acids is 2. The summed E-state index contributed by atoms with van der Waals surface area (Å²) < 4.78 is 0. The first-order valence-electron chi connectivity index (χ1n) is 8.59. The molecule has 0 aliphatic rings. The number of rotatable bonds is 9. The van der Waals surface area contributed by atoms with Crippen LogP contribution in [0, 0.1) is 11.8 Å². The average Bonchev–Trinajstić information content (AvgIpc) is 2.53. The second kappa shape index (κ2) is 9.81. The largest absolute Gasteiger partial charge is 0.480 e. The number of amides is 2. The fourth-order valence-electron chi connectivity index (χ4n) is 2.50. The molecule has 138 valence electrons. The Morgan fingerprint density at radius 1 is 0.880 bits per heavy atom. The van der Waals surface area contributed by atoms with E-state index in [4.69, 9.17) is 0 Å². The Hall–Kier alpha value is -2.37. The maximum atomic E-state index is 12.6. The second-order valence-electron chi connectivity index (χ2n) is 7.05. The van der Waals surface area contributed by atoms with Crippen molar-refractivity contribution in [2.24, 2.45) is 11.8 Å². The third kappa shape index (κ3) is 7.37. The van der Waals surface area contributed by atoms with Crippen LogP contribution in [0.3, 0.4) is 0 Å². The summed E-state index contributed by atoms with van der Waals surface area (Å²) in [5.74, 6) is -1.59. The number of carbonyl (C=O) groups is 3. The topological polar surface area (TPSA) is 95.5 Å². The molecule has 0 saturated heterocycles. The summed E-state index contributed by atoms with van der Waals surface area (Å²) in [5.41, 5.74) is 0.459. The lowest BCUT2D eigenvalue weighted by atomic mass is 10.0. The van der Waals surface area contributed by atoms with Gasteiger partial charge in [0.1, 0.15) is 12.1 Å². The molecule has 0 radical (unpaired) electrons. The highest BCUT2D eigenvalue weighted by Gasteiger charge is 2.27. The molecule has 0 bridgehead atoms. The highest BCUT2D eigenvalue weighted by Crippen LogP contribution is 2.10. The molecule has 6 nitrogen and oxygen atoms in total. The molecule has 2 amide bonds. The fraction of sp³-hybridized carbons (Fsp3) is 0.526. The summed E-state index contributed by atoms with van der Waals surface area (Å²) in [7, 11) is 0. The highest BCUT2D eigenvalue weighted by molar-refractivity contribution is 5.98. The third-order valence-corrected chi connectivity index (χ3v) is 3.69. The molecule has 0 aliphatic carbocycles. The van der Waals surface area contributed by atoms with E-state index in [1.807, 2.05) is 27.7 Å². The van der Waals surface area contributed by atoms with E-state index in [1.54, 1.807) is 30.3 Å². The smallest absolute Gasteiger partial charge is 0.326 e. The number of benzene rings is 1. The minimum Gasteiger partial charge on any atom is -0.480 e. The van der Waals surface area contributed by atoms with Gasteiger partial charge in [0.25, 0.3) is 5.91 Å². The van der Waals surface area contributed by atoms with Crippen molar-refractivity contribution >= 4 is 17.8 Å². The van der Waals surface area contributed by atoms with E-state index in [9.17, 15) is 19.5 Å². The Kier molecular flexibility index (Phi) is 8.11. The van der Waals surface area contributed by atoms with Crippen molar-refractivity contribution in [3.05, 3.63) is 35.9 Å². The lowest BCUT2D eigenvalue weighted by Crippen LogP contribution is -2.52. The van der Waals surface area contributed by atoms with Crippen LogP contribution in [0.5, 0.6) is 0 Å². The van der Waals surface area contributed by atoms with E-state index in [1.165, 1.54) is 0 Å². The normalized spacial score (nSPS) is 13.4. The maximum Gasteiger partial charge on any atom is 0.326 e. The SMILES string of the molecule is CC(C)C[C@H](NC(=O)[C@H](CC(C)C)NC(=O)c1ccccc1)C(=O)O. The van der Waals surface area contributed by atoms with Crippen LogP contribution in [0.1, 0.15) is 50.9 Å². The number of hydrogen-bond donors (Lipinski definition) is 3. The van der Waals surface area contributed by atoms with Gasteiger partial charge >= 0.3 is 5.97 Å². The van der Waals surface area contributed by atoms with Gasteiger partial charge in [-0.25, -0.2) is 4.79 Å². The predicted molar refractivity (Wildman–Crippen MR) is 96.2 cm³/mol. The van der Waals surface area contributed by atoms with Crippen molar-refractivity contribution in [3.63, 3.8) is 0 Å². The van der Waals surface area contributed by atoms with Gasteiger partial charge in [-0.3, -0.25) is 9.59 Å². The zero-order valence-electron chi connectivity index (χ0n) is 15.3. The Morgan fingerprint density at radius 2 is 1.40 bits per heavy atom. The first-order chi connectivity index (χ1) is 11.7. The molecule has 0 unspecified atom stereocenters. The number of nitrogens with one attached hydrogen (secondary N) is 2. The van der Waals surface area contributed by atoms with Gasteiger partial charge < -0.3 is 15.7 Å². The molecule has 1 aromatic rings. The zero-order chi connectivity index (χ0) is 19.0. The van der Waals surface area contributed by atoms with Gasteiger partial charge in [0, 0.05) is 5.56 Å². The number of carboxylic acid groups (broad SMARTS) is 1. The molecule has 1 aromatic carbocycles. The van der Waals surface area contributed by atoms with E-state index >= 15 is 0 Å². The number of carboxylic acids is 1. The van der Waals surface area contributed by atoms with E-state index < -0.39 is 24.0 Å². The van der Waals surface area contributed by atoms with E-state index in [2.05, 4.69) is 10.6 Å². The van der Waals surface area contributed by atoms with Crippen LogP contribution in [-0.4, -0.2) is 35.0 Å². The molecule has 0 fully saturated rings. The summed E-state index contributed by atoms with van der Waals surface area (Å²) in [6, 6.07) is 6.89. The van der Waals surface area contributed by atoms with Crippen molar-refractivity contribution in [2.75, 3.05) is 0 Å². The molecule has 0 spiro atoms. The van der Waals surface area contributed by atoms with Crippen LogP contribution in [0.2, 0.25) is 0 Å². The maximum absolute atomic E-state index is 12.6. The highest BCUT2D eigenvalue weighted by atomic mass is 16.4. The summed E-state index contributed by atoms with van der Waals surface area (Å²) >= 11 is 0. The molecule has 1 rings (SSSR count). The van der Waals surface area contributed by atoms with Crippen molar-refractivity contribution in [1.82, 2.24) is 10.6 Å². The summed E-state index contributed by atoms with van der Waals surface area (Å²) in [4.78, 5) is 36.2. The van der Waals surface area contributed by atoms with Crippen molar-refractivity contribution in [2.45, 2.75) is 52.6 Å². The van der Waals surface area contributed by atoms with Gasteiger partial charge in [0.05, 0.1) is 0 Å². The second-order valence-corrected chi connectivity index (χ2v) is 7.05. The average molecular weight is 348 g/mol. The van der Waals surface area contributed by atoms with Crippen LogP contribution in [0.25, 0.3) is 0 Å². The Balaban J connectivity index is 2.84. The first kappa shape index (κ1) is 20.7. The van der Waals surface area contributed by atoms with E-state index in [-0.39, 0.29) is 17.7 Å². The monoisotopic (exact) mass is 348 g/mol. The quantitative estimate of drug-likeness (QED) is 0.639. The number of aliphatic carboxylic acids is 1. The Bertz CT molecular complexity index is 584. The number of hydrogen-bond acceptors (Lipinski definition) is 3. The molecule has 0 saturated carbocycles. The Labute approximate surface area is 149 Å². The molecular weight excluding hydrogens is 320 g/mol. The Morgan fingerprint density at radius 3 is 1.88 bits per heavy atom. The molecule has 3 N–H and O–H groups in total. The van der Waals surface area contributed by atoms with Crippen LogP contribution < -0.4 is 10.6 Å². The van der Waals surface area contributed by atoms with Crippen LogP contribution >= 0.6 is 0 Å². The zero-order valence-corrected chi connectivity index (χ0v) is 15.3. The van der Waals surface area contributed by atoms with Crippen LogP contribution in [0.4, 0.5) is 0 Å². The van der Waals surface area contributed by atoms with Crippen molar-refractivity contribution in [1.29, 1.82) is 0 Å². The van der Waals surface area contributed by atoms with Gasteiger partial charge in [-0.15, -0.1) is 0 Å². The molecule has 6 heteroatoms.